The van der Waals surface area contributed by atoms with Gasteiger partial charge in [0.15, 0.2) is 0 Å². The maximum Gasteiger partial charge on any atom is 0.266 e. The van der Waals surface area contributed by atoms with E-state index < -0.39 is 21.7 Å². The largest absolute Gasteiger partial charge is 0.460 e. The predicted octanol–water partition coefficient (Wildman–Crippen LogP) is 5.66. The summed E-state index contributed by atoms with van der Waals surface area (Å²) in [6.07, 6.45) is 1.26. The van der Waals surface area contributed by atoms with Gasteiger partial charge in [-0.05, 0) is 61.0 Å². The third kappa shape index (κ3) is 6.62. The number of furan rings is 1. The number of amides is 1. The first-order valence-corrected chi connectivity index (χ1v) is 13.1. The number of carbonyl (C=O) groups excluding carboxylic acids is 1. The van der Waals surface area contributed by atoms with E-state index in [0.29, 0.717) is 11.4 Å². The number of benzene rings is 3. The van der Waals surface area contributed by atoms with Crippen LogP contribution in [-0.2, 0) is 27.9 Å². The van der Waals surface area contributed by atoms with Crippen molar-refractivity contribution >= 4 is 27.7 Å². The third-order valence-corrected chi connectivity index (χ3v) is 7.43. The van der Waals surface area contributed by atoms with Crippen LogP contribution >= 0.6 is 0 Å². The molecule has 0 spiro atoms. The van der Waals surface area contributed by atoms with Crippen LogP contribution in [0.3, 0.4) is 0 Å². The highest BCUT2D eigenvalue weighted by atomic mass is 32.2. The predicted molar refractivity (Wildman–Crippen MR) is 141 cm³/mol. The van der Waals surface area contributed by atoms with E-state index in [1.165, 1.54) is 34.6 Å². The first-order chi connectivity index (χ1) is 18.2. The van der Waals surface area contributed by atoms with Crippen molar-refractivity contribution in [2.24, 2.45) is 0 Å². The topological polar surface area (TPSA) is 103 Å². The van der Waals surface area contributed by atoms with Gasteiger partial charge in [0.2, 0.25) is 10.0 Å². The number of sulfonamides is 1. The quantitative estimate of drug-likeness (QED) is 0.222. The molecule has 0 bridgehead atoms. The normalized spacial score (nSPS) is 11.8. The van der Waals surface area contributed by atoms with E-state index >= 15 is 0 Å². The summed E-state index contributed by atoms with van der Waals surface area (Å²) in [6, 6.07) is 25.9. The molecule has 0 unspecified atom stereocenters. The minimum absolute atomic E-state index is 0.0669. The van der Waals surface area contributed by atoms with Crippen LogP contribution in [0.5, 0.6) is 0 Å². The number of anilines is 1. The van der Waals surface area contributed by atoms with Gasteiger partial charge in [0.05, 0.1) is 11.4 Å². The van der Waals surface area contributed by atoms with Crippen molar-refractivity contribution in [3.05, 3.63) is 125 Å². The molecule has 1 aromatic heterocycles. The van der Waals surface area contributed by atoms with Crippen molar-refractivity contribution < 1.29 is 22.0 Å². The summed E-state index contributed by atoms with van der Waals surface area (Å²) in [4.78, 5) is 12.7. The molecule has 4 aromatic rings. The van der Waals surface area contributed by atoms with Crippen molar-refractivity contribution in [1.82, 2.24) is 4.31 Å². The standard InChI is InChI=1S/C29H24FN3O4S/c1-21-7-15-28(16-8-21)38(35,36)33(19-22-5-3-2-4-6-22)20-27-14-13-26(37-27)17-23(18-31)29(34)32-25-11-9-24(30)10-12-25/h2-17H,19-20H2,1H3,(H,32,34)/b23-17-. The van der Waals surface area contributed by atoms with Crippen molar-refractivity contribution in [3.63, 3.8) is 0 Å². The Morgan fingerprint density at radius 2 is 1.66 bits per heavy atom. The summed E-state index contributed by atoms with van der Waals surface area (Å²) in [5, 5.41) is 12.0. The molecule has 1 amide bonds. The summed E-state index contributed by atoms with van der Waals surface area (Å²) >= 11 is 0. The Labute approximate surface area is 220 Å². The molecular formula is C29H24FN3O4S. The molecule has 1 heterocycles. The van der Waals surface area contributed by atoms with Gasteiger partial charge in [0.25, 0.3) is 5.91 Å². The fraction of sp³-hybridized carbons (Fsp3) is 0.103. The van der Waals surface area contributed by atoms with Crippen LogP contribution in [0.2, 0.25) is 0 Å². The van der Waals surface area contributed by atoms with E-state index in [-0.39, 0.29) is 29.3 Å². The average molecular weight is 530 g/mol. The second-order valence-corrected chi connectivity index (χ2v) is 10.4. The number of hydrogen-bond acceptors (Lipinski definition) is 5. The summed E-state index contributed by atoms with van der Waals surface area (Å²) in [5.41, 5.74) is 1.84. The van der Waals surface area contributed by atoms with Gasteiger partial charge >= 0.3 is 0 Å². The highest BCUT2D eigenvalue weighted by Crippen LogP contribution is 2.23. The van der Waals surface area contributed by atoms with Gasteiger partial charge in [-0.2, -0.15) is 9.57 Å². The van der Waals surface area contributed by atoms with Crippen LogP contribution < -0.4 is 5.32 Å². The molecule has 7 nitrogen and oxygen atoms in total. The SMILES string of the molecule is Cc1ccc(S(=O)(=O)N(Cc2ccccc2)Cc2ccc(/C=C(/C#N)C(=O)Nc3ccc(F)cc3)o2)cc1. The molecule has 4 rings (SSSR count). The number of aryl methyl sites for hydroxylation is 1. The zero-order valence-corrected chi connectivity index (χ0v) is 21.3. The Kier molecular flexibility index (Phi) is 8.16. The van der Waals surface area contributed by atoms with Crippen LogP contribution in [0.15, 0.2) is 106 Å². The Hall–Kier alpha value is -4.52. The molecule has 1 N–H and O–H groups in total. The van der Waals surface area contributed by atoms with Gasteiger partial charge < -0.3 is 9.73 Å². The molecule has 0 atom stereocenters. The fourth-order valence-electron chi connectivity index (χ4n) is 3.63. The maximum atomic E-state index is 13.5. The Bertz CT molecular complexity index is 1590. The van der Waals surface area contributed by atoms with Gasteiger partial charge in [0, 0.05) is 18.3 Å². The molecule has 0 aliphatic carbocycles. The Morgan fingerprint density at radius 1 is 0.974 bits per heavy atom. The zero-order valence-electron chi connectivity index (χ0n) is 20.5. The molecule has 192 valence electrons. The zero-order chi connectivity index (χ0) is 27.1. The average Bonchev–Trinajstić information content (AvgIpc) is 3.36. The Morgan fingerprint density at radius 3 is 2.32 bits per heavy atom. The minimum Gasteiger partial charge on any atom is -0.460 e. The van der Waals surface area contributed by atoms with E-state index in [1.807, 2.05) is 43.3 Å². The monoisotopic (exact) mass is 529 g/mol. The second kappa shape index (κ2) is 11.7. The van der Waals surface area contributed by atoms with Gasteiger partial charge in [-0.1, -0.05) is 48.0 Å². The molecular weight excluding hydrogens is 505 g/mol. The number of carbonyl (C=O) groups is 1. The summed E-state index contributed by atoms with van der Waals surface area (Å²) in [6.45, 7) is 1.93. The molecule has 0 fully saturated rings. The lowest BCUT2D eigenvalue weighted by Crippen LogP contribution is -2.30. The fourth-order valence-corrected chi connectivity index (χ4v) is 5.02. The van der Waals surface area contributed by atoms with Crippen LogP contribution in [0.4, 0.5) is 10.1 Å². The highest BCUT2D eigenvalue weighted by molar-refractivity contribution is 7.89. The number of halogens is 1. The van der Waals surface area contributed by atoms with Gasteiger partial charge in [-0.25, -0.2) is 12.8 Å². The lowest BCUT2D eigenvalue weighted by molar-refractivity contribution is -0.112. The van der Waals surface area contributed by atoms with E-state index in [2.05, 4.69) is 5.32 Å². The first kappa shape index (κ1) is 26.5. The first-order valence-electron chi connectivity index (χ1n) is 11.6. The van der Waals surface area contributed by atoms with Crippen LogP contribution in [-0.4, -0.2) is 18.6 Å². The molecule has 3 aromatic carbocycles. The van der Waals surface area contributed by atoms with Crippen molar-refractivity contribution in [1.29, 1.82) is 5.26 Å². The van der Waals surface area contributed by atoms with E-state index in [4.69, 9.17) is 4.42 Å². The minimum atomic E-state index is -3.87. The number of hydrogen-bond donors (Lipinski definition) is 1. The van der Waals surface area contributed by atoms with Gasteiger partial charge in [0.1, 0.15) is 29.0 Å². The second-order valence-electron chi connectivity index (χ2n) is 8.51. The molecule has 9 heteroatoms. The lowest BCUT2D eigenvalue weighted by Gasteiger charge is -2.21. The van der Waals surface area contributed by atoms with E-state index in [0.717, 1.165) is 11.1 Å². The van der Waals surface area contributed by atoms with Crippen LogP contribution in [0.25, 0.3) is 6.08 Å². The molecule has 0 saturated carbocycles. The maximum absolute atomic E-state index is 13.5. The number of nitrogens with one attached hydrogen (secondary N) is 1. The summed E-state index contributed by atoms with van der Waals surface area (Å²) in [5.74, 6) is -0.602. The van der Waals surface area contributed by atoms with Gasteiger partial charge in [-0.3, -0.25) is 4.79 Å². The third-order valence-electron chi connectivity index (χ3n) is 5.63. The Balaban J connectivity index is 1.56. The van der Waals surface area contributed by atoms with Gasteiger partial charge in [-0.15, -0.1) is 0 Å². The molecule has 0 radical (unpaired) electrons. The lowest BCUT2D eigenvalue weighted by atomic mass is 10.2. The number of rotatable bonds is 9. The number of nitriles is 1. The van der Waals surface area contributed by atoms with E-state index in [9.17, 15) is 22.9 Å². The molecule has 0 saturated heterocycles. The summed E-state index contributed by atoms with van der Waals surface area (Å²) < 4.78 is 47.2. The molecule has 0 aliphatic heterocycles. The smallest absolute Gasteiger partial charge is 0.266 e. The van der Waals surface area contributed by atoms with Crippen LogP contribution in [0, 0.1) is 24.1 Å². The van der Waals surface area contributed by atoms with Crippen molar-refractivity contribution in [3.8, 4) is 6.07 Å². The van der Waals surface area contributed by atoms with E-state index in [1.54, 1.807) is 36.4 Å². The summed E-state index contributed by atoms with van der Waals surface area (Å²) in [7, 11) is -3.87. The van der Waals surface area contributed by atoms with Crippen LogP contribution in [0.1, 0.15) is 22.6 Å². The van der Waals surface area contributed by atoms with Crippen molar-refractivity contribution in [2.75, 3.05) is 5.32 Å². The molecule has 38 heavy (non-hydrogen) atoms. The number of nitrogens with zero attached hydrogens (tertiary/aromatic N) is 2. The van der Waals surface area contributed by atoms with Crippen molar-refractivity contribution in [2.45, 2.75) is 24.9 Å². The highest BCUT2D eigenvalue weighted by Gasteiger charge is 2.26. The molecule has 0 aliphatic rings.